The van der Waals surface area contributed by atoms with Crippen LogP contribution in [0.15, 0.2) is 0 Å². The van der Waals surface area contributed by atoms with Gasteiger partial charge in [-0.3, -0.25) is 14.5 Å². The number of carboxylic acids is 2. The summed E-state index contributed by atoms with van der Waals surface area (Å²) in [4.78, 5) is 22.3. The van der Waals surface area contributed by atoms with Gasteiger partial charge >= 0.3 is 11.9 Å². The first-order valence-electron chi connectivity index (χ1n) is 5.86. The number of nitrogens with zero attached hydrogens (tertiary/aromatic N) is 1. The van der Waals surface area contributed by atoms with Gasteiger partial charge in [-0.15, -0.1) is 0 Å². The lowest BCUT2D eigenvalue weighted by Crippen LogP contribution is -2.37. The van der Waals surface area contributed by atoms with Crippen LogP contribution in [0.3, 0.4) is 0 Å². The molecule has 0 fully saturated rings. The zero-order valence-electron chi connectivity index (χ0n) is 11.0. The first-order valence-corrected chi connectivity index (χ1v) is 5.86. The van der Waals surface area contributed by atoms with E-state index < -0.39 is 11.9 Å². The van der Waals surface area contributed by atoms with Crippen molar-refractivity contribution in [1.82, 2.24) is 4.90 Å². The number of aliphatic carboxylic acids is 2. The van der Waals surface area contributed by atoms with Crippen LogP contribution in [0, 0.1) is 0 Å². The quantitative estimate of drug-likeness (QED) is 0.419. The normalized spacial score (nSPS) is 10.8. The molecular formula is C11H21NO7. The van der Waals surface area contributed by atoms with Gasteiger partial charge in [0.15, 0.2) is 0 Å². The van der Waals surface area contributed by atoms with Crippen molar-refractivity contribution in [3.8, 4) is 0 Å². The number of methoxy groups -OCH3 is 1. The molecule has 2 N–H and O–H groups in total. The van der Waals surface area contributed by atoms with E-state index in [0.29, 0.717) is 26.4 Å². The van der Waals surface area contributed by atoms with Crippen LogP contribution >= 0.6 is 0 Å². The molecule has 0 saturated carbocycles. The van der Waals surface area contributed by atoms with E-state index in [9.17, 15) is 9.59 Å². The second-order valence-corrected chi connectivity index (χ2v) is 3.72. The van der Waals surface area contributed by atoms with E-state index >= 15 is 0 Å². The summed E-state index contributed by atoms with van der Waals surface area (Å²) >= 11 is 0. The van der Waals surface area contributed by atoms with E-state index in [4.69, 9.17) is 24.4 Å². The minimum Gasteiger partial charge on any atom is -0.480 e. The molecule has 8 heteroatoms. The molecule has 0 aliphatic rings. The predicted octanol–water partition coefficient (Wildman–Crippen LogP) is -0.863. The fourth-order valence-corrected chi connectivity index (χ4v) is 1.25. The fourth-order valence-electron chi connectivity index (χ4n) is 1.25. The lowest BCUT2D eigenvalue weighted by Gasteiger charge is -2.17. The topological polar surface area (TPSA) is 106 Å². The molecule has 112 valence electrons. The SMILES string of the molecule is COCCOCCOCCN(CC(=O)O)CC(=O)O. The van der Waals surface area contributed by atoms with Gasteiger partial charge in [0.1, 0.15) is 0 Å². The van der Waals surface area contributed by atoms with Crippen molar-refractivity contribution < 1.29 is 34.0 Å². The standard InChI is InChI=1S/C11H21NO7/c1-17-4-5-19-7-6-18-3-2-12(8-10(13)14)9-11(15)16/h2-9H2,1H3,(H,13,14)(H,15,16). The molecule has 19 heavy (non-hydrogen) atoms. The first kappa shape index (κ1) is 17.8. The number of hydrogen-bond donors (Lipinski definition) is 2. The zero-order chi connectivity index (χ0) is 14.5. The van der Waals surface area contributed by atoms with E-state index in [2.05, 4.69) is 0 Å². The Kier molecular flexibility index (Phi) is 11.1. The third-order valence-corrected chi connectivity index (χ3v) is 2.07. The summed E-state index contributed by atoms with van der Waals surface area (Å²) < 4.78 is 15.2. The summed E-state index contributed by atoms with van der Waals surface area (Å²) in [6, 6.07) is 0. The molecule has 0 spiro atoms. The maximum atomic E-state index is 10.5. The highest BCUT2D eigenvalue weighted by atomic mass is 16.5. The van der Waals surface area contributed by atoms with Crippen LogP contribution in [0.2, 0.25) is 0 Å². The third kappa shape index (κ3) is 13.0. The van der Waals surface area contributed by atoms with E-state index in [1.807, 2.05) is 0 Å². The molecular weight excluding hydrogens is 258 g/mol. The molecule has 0 heterocycles. The van der Waals surface area contributed by atoms with Crippen molar-refractivity contribution in [3.63, 3.8) is 0 Å². The van der Waals surface area contributed by atoms with Crippen LogP contribution in [0.4, 0.5) is 0 Å². The van der Waals surface area contributed by atoms with Gasteiger partial charge in [-0.05, 0) is 0 Å². The van der Waals surface area contributed by atoms with E-state index in [0.717, 1.165) is 0 Å². The summed E-state index contributed by atoms with van der Waals surface area (Å²) in [5.74, 6) is -2.13. The Morgan fingerprint density at radius 1 is 0.895 bits per heavy atom. The summed E-state index contributed by atoms with van der Waals surface area (Å²) in [6.45, 7) is 1.67. The zero-order valence-corrected chi connectivity index (χ0v) is 11.0. The molecule has 0 aromatic heterocycles. The molecule has 0 unspecified atom stereocenters. The van der Waals surface area contributed by atoms with Gasteiger partial charge < -0.3 is 24.4 Å². The average Bonchev–Trinajstić information content (AvgIpc) is 2.30. The van der Waals surface area contributed by atoms with Gasteiger partial charge in [0.25, 0.3) is 0 Å². The Morgan fingerprint density at radius 2 is 1.37 bits per heavy atom. The van der Waals surface area contributed by atoms with Crippen LogP contribution in [-0.2, 0) is 23.8 Å². The lowest BCUT2D eigenvalue weighted by atomic mass is 10.4. The number of ether oxygens (including phenoxy) is 3. The van der Waals surface area contributed by atoms with Gasteiger partial charge in [0.2, 0.25) is 0 Å². The molecule has 0 amide bonds. The summed E-state index contributed by atoms with van der Waals surface area (Å²) in [5, 5.41) is 17.2. The minimum absolute atomic E-state index is 0.247. The summed E-state index contributed by atoms with van der Waals surface area (Å²) in [5.41, 5.74) is 0. The smallest absolute Gasteiger partial charge is 0.317 e. The monoisotopic (exact) mass is 279 g/mol. The van der Waals surface area contributed by atoms with Crippen LogP contribution in [0.5, 0.6) is 0 Å². The number of carboxylic acid groups (broad SMARTS) is 2. The fraction of sp³-hybridized carbons (Fsp3) is 0.818. The predicted molar refractivity (Wildman–Crippen MR) is 65.2 cm³/mol. The Hall–Kier alpha value is -1.22. The summed E-state index contributed by atoms with van der Waals surface area (Å²) in [6.07, 6.45) is 0. The minimum atomic E-state index is -1.07. The molecule has 0 radical (unpaired) electrons. The van der Waals surface area contributed by atoms with Crippen molar-refractivity contribution in [2.24, 2.45) is 0 Å². The maximum absolute atomic E-state index is 10.5. The molecule has 0 aliphatic carbocycles. The van der Waals surface area contributed by atoms with E-state index in [1.54, 1.807) is 7.11 Å². The number of carbonyl (C=O) groups is 2. The Morgan fingerprint density at radius 3 is 1.84 bits per heavy atom. The molecule has 0 aromatic rings. The summed E-state index contributed by atoms with van der Waals surface area (Å²) in [7, 11) is 1.58. The van der Waals surface area contributed by atoms with Crippen LogP contribution < -0.4 is 0 Å². The van der Waals surface area contributed by atoms with Crippen molar-refractivity contribution in [2.75, 3.05) is 59.8 Å². The highest BCUT2D eigenvalue weighted by molar-refractivity contribution is 5.72. The molecule has 0 rings (SSSR count). The molecule has 0 saturated heterocycles. The second kappa shape index (κ2) is 11.8. The van der Waals surface area contributed by atoms with Gasteiger partial charge in [-0.2, -0.15) is 0 Å². The van der Waals surface area contributed by atoms with Crippen molar-refractivity contribution in [2.45, 2.75) is 0 Å². The van der Waals surface area contributed by atoms with Gasteiger partial charge in [0, 0.05) is 13.7 Å². The highest BCUT2D eigenvalue weighted by Gasteiger charge is 2.12. The number of rotatable bonds is 13. The first-order chi connectivity index (χ1) is 9.06. The van der Waals surface area contributed by atoms with Crippen LogP contribution in [0.1, 0.15) is 0 Å². The van der Waals surface area contributed by atoms with Crippen LogP contribution in [0.25, 0.3) is 0 Å². The van der Waals surface area contributed by atoms with Crippen molar-refractivity contribution >= 4 is 11.9 Å². The van der Waals surface area contributed by atoms with Crippen molar-refractivity contribution in [1.29, 1.82) is 0 Å². The largest absolute Gasteiger partial charge is 0.480 e. The van der Waals surface area contributed by atoms with Gasteiger partial charge in [-0.1, -0.05) is 0 Å². The lowest BCUT2D eigenvalue weighted by molar-refractivity contribution is -0.142. The highest BCUT2D eigenvalue weighted by Crippen LogP contribution is 1.90. The molecule has 0 aromatic carbocycles. The molecule has 8 nitrogen and oxygen atoms in total. The Bertz CT molecular complexity index is 243. The van der Waals surface area contributed by atoms with E-state index in [1.165, 1.54) is 4.90 Å². The van der Waals surface area contributed by atoms with Crippen LogP contribution in [-0.4, -0.2) is 86.8 Å². The second-order valence-electron chi connectivity index (χ2n) is 3.72. The maximum Gasteiger partial charge on any atom is 0.317 e. The molecule has 0 bridgehead atoms. The molecule has 0 aliphatic heterocycles. The van der Waals surface area contributed by atoms with Gasteiger partial charge in [-0.25, -0.2) is 0 Å². The Labute approximate surface area is 111 Å². The van der Waals surface area contributed by atoms with Gasteiger partial charge in [0.05, 0.1) is 46.1 Å². The number of hydrogen-bond acceptors (Lipinski definition) is 6. The van der Waals surface area contributed by atoms with Crippen molar-refractivity contribution in [3.05, 3.63) is 0 Å². The van der Waals surface area contributed by atoms with E-state index in [-0.39, 0.29) is 26.2 Å². The Balaban J connectivity index is 3.57. The average molecular weight is 279 g/mol. The third-order valence-electron chi connectivity index (χ3n) is 2.07. The molecule has 0 atom stereocenters.